The largest absolute Gasteiger partial charge is 0.495 e. The minimum absolute atomic E-state index is 0.0692. The topological polar surface area (TPSA) is 35.2 Å². The second-order valence-corrected chi connectivity index (χ2v) is 7.04. The van der Waals surface area contributed by atoms with Gasteiger partial charge < -0.3 is 10.5 Å². The third-order valence-electron chi connectivity index (χ3n) is 5.51. The van der Waals surface area contributed by atoms with Gasteiger partial charge in [-0.2, -0.15) is 0 Å². The third kappa shape index (κ3) is 2.57. The van der Waals surface area contributed by atoms with Gasteiger partial charge in [0.25, 0.3) is 0 Å². The van der Waals surface area contributed by atoms with Crippen LogP contribution in [0.25, 0.3) is 0 Å². The van der Waals surface area contributed by atoms with Crippen molar-refractivity contribution in [3.63, 3.8) is 0 Å². The summed E-state index contributed by atoms with van der Waals surface area (Å²) in [4.78, 5) is 0. The molecule has 1 aromatic carbocycles. The first-order valence-corrected chi connectivity index (χ1v) is 8.68. The molecule has 0 bridgehead atoms. The van der Waals surface area contributed by atoms with E-state index in [2.05, 4.69) is 6.07 Å². The lowest BCUT2D eigenvalue weighted by Gasteiger charge is -2.39. The van der Waals surface area contributed by atoms with Crippen molar-refractivity contribution in [1.82, 2.24) is 0 Å². The average molecular weight is 308 g/mol. The lowest BCUT2D eigenvalue weighted by Crippen LogP contribution is -2.37. The molecule has 0 spiro atoms. The minimum atomic E-state index is 0.0692. The number of hydrogen-bond donors (Lipinski definition) is 1. The van der Waals surface area contributed by atoms with Crippen molar-refractivity contribution in [3.8, 4) is 5.75 Å². The zero-order valence-corrected chi connectivity index (χ0v) is 13.8. The van der Waals surface area contributed by atoms with Gasteiger partial charge in [0, 0.05) is 17.5 Å². The molecular formula is C18H26ClNO. The molecule has 0 unspecified atom stereocenters. The minimum Gasteiger partial charge on any atom is -0.495 e. The highest BCUT2D eigenvalue weighted by Gasteiger charge is 2.37. The van der Waals surface area contributed by atoms with Crippen molar-refractivity contribution in [2.75, 3.05) is 13.7 Å². The fourth-order valence-electron chi connectivity index (χ4n) is 4.24. The first-order valence-electron chi connectivity index (χ1n) is 8.30. The molecule has 1 aromatic rings. The molecule has 116 valence electrons. The Kier molecular flexibility index (Phi) is 4.46. The van der Waals surface area contributed by atoms with E-state index in [9.17, 15) is 0 Å². The van der Waals surface area contributed by atoms with E-state index in [0.717, 1.165) is 36.5 Å². The fourth-order valence-corrected chi connectivity index (χ4v) is 4.63. The summed E-state index contributed by atoms with van der Waals surface area (Å²) in [7, 11) is 1.74. The number of rotatable bonds is 3. The number of hydrogen-bond acceptors (Lipinski definition) is 2. The van der Waals surface area contributed by atoms with E-state index in [1.807, 2.05) is 0 Å². The van der Waals surface area contributed by atoms with Crippen molar-refractivity contribution in [2.45, 2.75) is 63.2 Å². The summed E-state index contributed by atoms with van der Waals surface area (Å²) in [6.45, 7) is 0.693. The van der Waals surface area contributed by atoms with Crippen LogP contribution in [-0.4, -0.2) is 13.7 Å². The fraction of sp³-hybridized carbons (Fsp3) is 0.667. The number of benzene rings is 1. The van der Waals surface area contributed by atoms with Gasteiger partial charge in [-0.25, -0.2) is 0 Å². The molecule has 1 saturated carbocycles. The van der Waals surface area contributed by atoms with Crippen molar-refractivity contribution in [3.05, 3.63) is 27.8 Å². The molecule has 0 amide bonds. The van der Waals surface area contributed by atoms with Crippen molar-refractivity contribution in [2.24, 2.45) is 5.73 Å². The van der Waals surface area contributed by atoms with Crippen molar-refractivity contribution >= 4 is 11.6 Å². The highest BCUT2D eigenvalue weighted by molar-refractivity contribution is 6.33. The van der Waals surface area contributed by atoms with Gasteiger partial charge in [0.2, 0.25) is 0 Å². The predicted octanol–water partition coefficient (Wildman–Crippen LogP) is 4.39. The van der Waals surface area contributed by atoms with Crippen LogP contribution >= 0.6 is 11.6 Å². The molecule has 0 atom stereocenters. The van der Waals surface area contributed by atoms with Gasteiger partial charge >= 0.3 is 0 Å². The van der Waals surface area contributed by atoms with Gasteiger partial charge in [-0.05, 0) is 49.7 Å². The van der Waals surface area contributed by atoms with Crippen LogP contribution in [0.2, 0.25) is 5.02 Å². The summed E-state index contributed by atoms with van der Waals surface area (Å²) in [5.41, 5.74) is 10.3. The third-order valence-corrected chi connectivity index (χ3v) is 5.91. The summed E-state index contributed by atoms with van der Waals surface area (Å²) < 4.78 is 5.73. The Morgan fingerprint density at radius 3 is 2.52 bits per heavy atom. The summed E-state index contributed by atoms with van der Waals surface area (Å²) in [5, 5.41) is 0.850. The van der Waals surface area contributed by atoms with Crippen molar-refractivity contribution < 1.29 is 4.74 Å². The van der Waals surface area contributed by atoms with E-state index in [0.29, 0.717) is 6.54 Å². The van der Waals surface area contributed by atoms with Gasteiger partial charge in [-0.1, -0.05) is 36.9 Å². The van der Waals surface area contributed by atoms with E-state index in [1.165, 1.54) is 48.8 Å². The highest BCUT2D eigenvalue weighted by Crippen LogP contribution is 2.47. The number of methoxy groups -OCH3 is 1. The molecule has 21 heavy (non-hydrogen) atoms. The molecule has 0 radical (unpaired) electrons. The Hall–Kier alpha value is -0.730. The molecule has 0 aliphatic heterocycles. The summed E-state index contributed by atoms with van der Waals surface area (Å²) >= 11 is 6.70. The molecule has 0 aromatic heterocycles. The Morgan fingerprint density at radius 2 is 1.86 bits per heavy atom. The Bertz CT molecular complexity index is 520. The van der Waals surface area contributed by atoms with Crippen LogP contribution in [-0.2, 0) is 18.3 Å². The zero-order valence-electron chi connectivity index (χ0n) is 13.0. The molecule has 3 heteroatoms. The van der Waals surface area contributed by atoms with Crippen LogP contribution in [0.3, 0.4) is 0 Å². The summed E-state index contributed by atoms with van der Waals surface area (Å²) in [6, 6.07) is 2.37. The smallest absolute Gasteiger partial charge is 0.141 e. The second kappa shape index (κ2) is 6.18. The number of nitrogens with two attached hydrogens (primary N) is 1. The zero-order chi connectivity index (χ0) is 14.9. The van der Waals surface area contributed by atoms with Gasteiger partial charge in [-0.15, -0.1) is 0 Å². The maximum atomic E-state index is 6.70. The quantitative estimate of drug-likeness (QED) is 0.899. The number of aryl methyl sites for hydroxylation is 1. The molecule has 1 fully saturated rings. The lowest BCUT2D eigenvalue weighted by molar-refractivity contribution is 0.287. The molecule has 2 aliphatic rings. The number of halogens is 1. The van der Waals surface area contributed by atoms with Crippen LogP contribution in [0.15, 0.2) is 6.07 Å². The standard InChI is InChI=1S/C18H26ClNO/c1-21-17-15(18(12-20)9-5-2-6-10-18)11-13-7-3-4-8-14(13)16(17)19/h11H,2-10,12,20H2,1H3. The summed E-state index contributed by atoms with van der Waals surface area (Å²) in [6.07, 6.45) is 10.9. The summed E-state index contributed by atoms with van der Waals surface area (Å²) in [5.74, 6) is 0.893. The van der Waals surface area contributed by atoms with E-state index in [4.69, 9.17) is 22.1 Å². The number of fused-ring (bicyclic) bond motifs is 1. The van der Waals surface area contributed by atoms with Crippen LogP contribution in [0.4, 0.5) is 0 Å². The maximum Gasteiger partial charge on any atom is 0.141 e. The van der Waals surface area contributed by atoms with Gasteiger partial charge in [0.15, 0.2) is 0 Å². The van der Waals surface area contributed by atoms with E-state index in [-0.39, 0.29) is 5.41 Å². The molecule has 2 nitrogen and oxygen atoms in total. The molecule has 2 aliphatic carbocycles. The normalized spacial score (nSPS) is 20.9. The second-order valence-electron chi connectivity index (χ2n) is 6.66. The Morgan fingerprint density at radius 1 is 1.14 bits per heavy atom. The molecule has 0 saturated heterocycles. The molecule has 3 rings (SSSR count). The molecule has 0 heterocycles. The Labute approximate surface area is 133 Å². The maximum absolute atomic E-state index is 6.70. The first-order chi connectivity index (χ1) is 10.2. The predicted molar refractivity (Wildman–Crippen MR) is 88.5 cm³/mol. The number of ether oxygens (including phenoxy) is 1. The van der Waals surface area contributed by atoms with E-state index in [1.54, 1.807) is 7.11 Å². The van der Waals surface area contributed by atoms with Gasteiger partial charge in [0.05, 0.1) is 12.1 Å². The average Bonchev–Trinajstić information content (AvgIpc) is 2.55. The molecular weight excluding hydrogens is 282 g/mol. The van der Waals surface area contributed by atoms with E-state index < -0.39 is 0 Å². The van der Waals surface area contributed by atoms with Gasteiger partial charge in [0.1, 0.15) is 5.75 Å². The Balaban J connectivity index is 2.14. The molecule has 2 N–H and O–H groups in total. The first kappa shape index (κ1) is 15.2. The van der Waals surface area contributed by atoms with Crippen LogP contribution in [0, 0.1) is 0 Å². The monoisotopic (exact) mass is 307 g/mol. The lowest BCUT2D eigenvalue weighted by atomic mass is 9.68. The van der Waals surface area contributed by atoms with Gasteiger partial charge in [-0.3, -0.25) is 0 Å². The SMILES string of the molecule is COc1c(C2(CN)CCCCC2)cc2c(c1Cl)CCCC2. The van der Waals surface area contributed by atoms with Crippen LogP contribution < -0.4 is 10.5 Å². The highest BCUT2D eigenvalue weighted by atomic mass is 35.5. The van der Waals surface area contributed by atoms with Crippen LogP contribution in [0.5, 0.6) is 5.75 Å². The van der Waals surface area contributed by atoms with E-state index >= 15 is 0 Å². The van der Waals surface area contributed by atoms with Crippen molar-refractivity contribution in [1.29, 1.82) is 0 Å². The van der Waals surface area contributed by atoms with Crippen LogP contribution in [0.1, 0.15) is 61.6 Å².